The molecular weight excluding hydrogens is 298 g/mol. The molecule has 2 aromatic heterocycles. The summed E-state index contributed by atoms with van der Waals surface area (Å²) < 4.78 is 5.27. The van der Waals surface area contributed by atoms with E-state index in [9.17, 15) is 4.79 Å². The normalized spacial score (nSPS) is 18.3. The second-order valence-electron chi connectivity index (χ2n) is 4.51. The van der Waals surface area contributed by atoms with E-state index in [1.165, 1.54) is 11.3 Å². The molecule has 1 atom stereocenters. The SMILES string of the molecule is Cl.O=C(Nc1nc(-c2ccco2)cs1)C1CCCCN1. The van der Waals surface area contributed by atoms with Crippen LogP contribution in [0.3, 0.4) is 0 Å². The smallest absolute Gasteiger partial charge is 0.243 e. The van der Waals surface area contributed by atoms with Crippen LogP contribution in [0.1, 0.15) is 19.3 Å². The van der Waals surface area contributed by atoms with E-state index in [2.05, 4.69) is 15.6 Å². The molecule has 0 radical (unpaired) electrons. The number of hydrogen-bond acceptors (Lipinski definition) is 5. The summed E-state index contributed by atoms with van der Waals surface area (Å²) in [7, 11) is 0. The maximum atomic E-state index is 12.0. The largest absolute Gasteiger partial charge is 0.463 e. The van der Waals surface area contributed by atoms with Crippen LogP contribution in [0.15, 0.2) is 28.2 Å². The van der Waals surface area contributed by atoms with Crippen molar-refractivity contribution in [2.24, 2.45) is 0 Å². The van der Waals surface area contributed by atoms with Gasteiger partial charge in [0.25, 0.3) is 0 Å². The van der Waals surface area contributed by atoms with Crippen LogP contribution >= 0.6 is 23.7 Å². The zero-order chi connectivity index (χ0) is 13.1. The van der Waals surface area contributed by atoms with Crippen molar-refractivity contribution < 1.29 is 9.21 Å². The summed E-state index contributed by atoms with van der Waals surface area (Å²) in [5.74, 6) is 0.715. The summed E-state index contributed by atoms with van der Waals surface area (Å²) in [6, 6.07) is 3.58. The summed E-state index contributed by atoms with van der Waals surface area (Å²) in [5.41, 5.74) is 0.752. The van der Waals surface area contributed by atoms with E-state index < -0.39 is 0 Å². The Morgan fingerprint density at radius 1 is 1.50 bits per heavy atom. The molecule has 1 amide bonds. The number of nitrogens with zero attached hydrogens (tertiary/aromatic N) is 1. The number of carbonyl (C=O) groups excluding carboxylic acids is 1. The Kier molecular flexibility index (Phi) is 5.17. The van der Waals surface area contributed by atoms with Crippen molar-refractivity contribution >= 4 is 34.8 Å². The maximum Gasteiger partial charge on any atom is 0.243 e. The van der Waals surface area contributed by atoms with Crippen molar-refractivity contribution in [2.75, 3.05) is 11.9 Å². The van der Waals surface area contributed by atoms with Crippen molar-refractivity contribution in [1.82, 2.24) is 10.3 Å². The topological polar surface area (TPSA) is 67.2 Å². The standard InChI is InChI=1S/C13H15N3O2S.ClH/c17-12(9-4-1-2-6-14-9)16-13-15-10(8-19-13)11-5-3-7-18-11;/h3,5,7-9,14H,1-2,4,6H2,(H,15,16,17);1H. The molecule has 0 saturated carbocycles. The zero-order valence-electron chi connectivity index (χ0n) is 10.8. The number of amides is 1. The summed E-state index contributed by atoms with van der Waals surface area (Å²) in [5, 5.41) is 8.57. The van der Waals surface area contributed by atoms with Gasteiger partial charge >= 0.3 is 0 Å². The van der Waals surface area contributed by atoms with Crippen LogP contribution in [0, 0.1) is 0 Å². The molecule has 108 valence electrons. The minimum atomic E-state index is -0.0929. The van der Waals surface area contributed by atoms with Crippen LogP contribution < -0.4 is 10.6 Å². The molecule has 1 aliphatic heterocycles. The van der Waals surface area contributed by atoms with Gasteiger partial charge in [-0.2, -0.15) is 0 Å². The second-order valence-corrected chi connectivity index (χ2v) is 5.37. The number of carbonyl (C=O) groups is 1. The summed E-state index contributed by atoms with van der Waals surface area (Å²) in [4.78, 5) is 16.4. The van der Waals surface area contributed by atoms with Crippen molar-refractivity contribution in [1.29, 1.82) is 0 Å². The molecule has 0 aliphatic carbocycles. The number of piperidine rings is 1. The molecule has 1 saturated heterocycles. The number of aromatic nitrogens is 1. The van der Waals surface area contributed by atoms with Crippen LogP contribution in [0.5, 0.6) is 0 Å². The number of halogens is 1. The third-order valence-corrected chi connectivity index (χ3v) is 3.89. The summed E-state index contributed by atoms with van der Waals surface area (Å²) in [6.07, 6.45) is 4.74. The predicted molar refractivity (Wildman–Crippen MR) is 81.3 cm³/mol. The number of hydrogen-bond donors (Lipinski definition) is 2. The van der Waals surface area contributed by atoms with Crippen LogP contribution in [0.2, 0.25) is 0 Å². The molecule has 5 nitrogen and oxygen atoms in total. The van der Waals surface area contributed by atoms with Gasteiger partial charge in [0.2, 0.25) is 5.91 Å². The van der Waals surface area contributed by atoms with E-state index >= 15 is 0 Å². The van der Waals surface area contributed by atoms with Gasteiger partial charge in [0.1, 0.15) is 5.69 Å². The molecular formula is C13H16ClN3O2S. The zero-order valence-corrected chi connectivity index (χ0v) is 12.4. The van der Waals surface area contributed by atoms with E-state index in [4.69, 9.17) is 4.42 Å². The van der Waals surface area contributed by atoms with E-state index in [-0.39, 0.29) is 24.4 Å². The molecule has 1 aliphatic rings. The minimum Gasteiger partial charge on any atom is -0.463 e. The Morgan fingerprint density at radius 2 is 2.40 bits per heavy atom. The Morgan fingerprint density at radius 3 is 3.10 bits per heavy atom. The molecule has 2 aromatic rings. The maximum absolute atomic E-state index is 12.0. The Hall–Kier alpha value is -1.37. The van der Waals surface area contributed by atoms with Crippen LogP contribution in [0.25, 0.3) is 11.5 Å². The van der Waals surface area contributed by atoms with Crippen LogP contribution in [0.4, 0.5) is 5.13 Å². The molecule has 3 heterocycles. The predicted octanol–water partition coefficient (Wildman–Crippen LogP) is 2.91. The number of anilines is 1. The lowest BCUT2D eigenvalue weighted by Crippen LogP contribution is -2.43. The average molecular weight is 314 g/mol. The van der Waals surface area contributed by atoms with Gasteiger partial charge in [-0.1, -0.05) is 6.42 Å². The third-order valence-electron chi connectivity index (χ3n) is 3.13. The van der Waals surface area contributed by atoms with Crippen LogP contribution in [-0.2, 0) is 4.79 Å². The average Bonchev–Trinajstić information content (AvgIpc) is 3.10. The first-order valence-corrected chi connectivity index (χ1v) is 7.24. The van der Waals surface area contributed by atoms with E-state index in [1.807, 2.05) is 17.5 Å². The highest BCUT2D eigenvalue weighted by Gasteiger charge is 2.21. The second kappa shape index (κ2) is 6.88. The van der Waals surface area contributed by atoms with E-state index in [0.717, 1.165) is 31.5 Å². The molecule has 0 aromatic carbocycles. The van der Waals surface area contributed by atoms with Gasteiger partial charge < -0.3 is 15.1 Å². The van der Waals surface area contributed by atoms with Gasteiger partial charge in [0.05, 0.1) is 12.3 Å². The first-order chi connectivity index (χ1) is 9.33. The lowest BCUT2D eigenvalue weighted by atomic mass is 10.0. The van der Waals surface area contributed by atoms with Crippen LogP contribution in [-0.4, -0.2) is 23.5 Å². The fourth-order valence-corrected chi connectivity index (χ4v) is 2.84. The van der Waals surface area contributed by atoms with Gasteiger partial charge in [-0.3, -0.25) is 4.79 Å². The molecule has 1 fully saturated rings. The first-order valence-electron chi connectivity index (χ1n) is 6.36. The third kappa shape index (κ3) is 3.39. The van der Waals surface area contributed by atoms with Gasteiger partial charge in [-0.05, 0) is 31.5 Å². The summed E-state index contributed by atoms with van der Waals surface area (Å²) in [6.45, 7) is 0.910. The van der Waals surface area contributed by atoms with E-state index in [0.29, 0.717) is 10.9 Å². The van der Waals surface area contributed by atoms with Crippen molar-refractivity contribution in [3.63, 3.8) is 0 Å². The highest BCUT2D eigenvalue weighted by Crippen LogP contribution is 2.25. The Balaban J connectivity index is 0.00000147. The Labute approximate surface area is 127 Å². The van der Waals surface area contributed by atoms with E-state index in [1.54, 1.807) is 6.26 Å². The number of thiazole rings is 1. The molecule has 0 bridgehead atoms. The van der Waals surface area contributed by atoms with Gasteiger partial charge in [-0.25, -0.2) is 4.98 Å². The van der Waals surface area contributed by atoms with Gasteiger partial charge in [0.15, 0.2) is 10.9 Å². The first kappa shape index (κ1) is 15.0. The van der Waals surface area contributed by atoms with Crippen molar-refractivity contribution in [2.45, 2.75) is 25.3 Å². The minimum absolute atomic E-state index is 0. The van der Waals surface area contributed by atoms with Gasteiger partial charge in [-0.15, -0.1) is 23.7 Å². The van der Waals surface area contributed by atoms with Crippen molar-refractivity contribution in [3.05, 3.63) is 23.8 Å². The lowest BCUT2D eigenvalue weighted by Gasteiger charge is -2.21. The monoisotopic (exact) mass is 313 g/mol. The summed E-state index contributed by atoms with van der Waals surface area (Å²) >= 11 is 1.41. The fourth-order valence-electron chi connectivity index (χ4n) is 2.14. The molecule has 0 spiro atoms. The highest BCUT2D eigenvalue weighted by atomic mass is 35.5. The quantitative estimate of drug-likeness (QED) is 0.914. The fraction of sp³-hybridized carbons (Fsp3) is 0.385. The van der Waals surface area contributed by atoms with Gasteiger partial charge in [0, 0.05) is 5.38 Å². The molecule has 20 heavy (non-hydrogen) atoms. The lowest BCUT2D eigenvalue weighted by molar-refractivity contribution is -0.118. The number of furan rings is 1. The van der Waals surface area contributed by atoms with Crippen molar-refractivity contribution in [3.8, 4) is 11.5 Å². The number of rotatable bonds is 3. The molecule has 7 heteroatoms. The highest BCUT2D eigenvalue weighted by molar-refractivity contribution is 7.14. The molecule has 2 N–H and O–H groups in total. The molecule has 3 rings (SSSR count). The molecule has 1 unspecified atom stereocenters. The Bertz CT molecular complexity index is 550. The number of nitrogens with one attached hydrogen (secondary N) is 2.